The lowest BCUT2D eigenvalue weighted by atomic mass is 10.0. The fourth-order valence-electron chi connectivity index (χ4n) is 3.98. The van der Waals surface area contributed by atoms with Crippen molar-refractivity contribution in [3.8, 4) is 5.82 Å². The van der Waals surface area contributed by atoms with Crippen LogP contribution < -0.4 is 5.32 Å². The number of imidazole rings is 1. The monoisotopic (exact) mass is 426 g/mol. The number of aromatic nitrogens is 4. The van der Waals surface area contributed by atoms with E-state index in [-0.39, 0.29) is 23.7 Å². The van der Waals surface area contributed by atoms with Crippen LogP contribution in [0.3, 0.4) is 0 Å². The minimum Gasteiger partial charge on any atom is -0.346 e. The van der Waals surface area contributed by atoms with Gasteiger partial charge in [-0.05, 0) is 37.1 Å². The first-order valence-corrected chi connectivity index (χ1v) is 10.6. The van der Waals surface area contributed by atoms with Gasteiger partial charge in [-0.15, -0.1) is 0 Å². The molecule has 4 aromatic rings. The number of rotatable bonds is 4. The van der Waals surface area contributed by atoms with Gasteiger partial charge in [0.1, 0.15) is 12.1 Å². The lowest BCUT2D eigenvalue weighted by Gasteiger charge is -2.32. The zero-order chi connectivity index (χ0) is 21.9. The van der Waals surface area contributed by atoms with E-state index in [1.54, 1.807) is 23.3 Å². The van der Waals surface area contributed by atoms with Crippen molar-refractivity contribution in [2.75, 3.05) is 13.1 Å². The maximum absolute atomic E-state index is 13.0. The molecule has 1 fully saturated rings. The van der Waals surface area contributed by atoms with Crippen LogP contribution in [-0.2, 0) is 0 Å². The van der Waals surface area contributed by atoms with Crippen molar-refractivity contribution in [1.29, 1.82) is 0 Å². The Hall–Kier alpha value is -4.07. The van der Waals surface area contributed by atoms with Crippen molar-refractivity contribution >= 4 is 22.7 Å². The topological polar surface area (TPSA) is 93.0 Å². The smallest absolute Gasteiger partial charge is 0.289 e. The first-order chi connectivity index (χ1) is 15.7. The maximum Gasteiger partial charge on any atom is 0.289 e. The summed E-state index contributed by atoms with van der Waals surface area (Å²) in [5.41, 5.74) is 1.38. The molecular weight excluding hydrogens is 404 g/mol. The van der Waals surface area contributed by atoms with Gasteiger partial charge in [0.25, 0.3) is 11.8 Å². The van der Waals surface area contributed by atoms with Crippen LogP contribution in [0.5, 0.6) is 0 Å². The molecule has 8 heteroatoms. The van der Waals surface area contributed by atoms with Crippen LogP contribution in [0, 0.1) is 0 Å². The molecule has 5 rings (SSSR count). The second-order valence-corrected chi connectivity index (χ2v) is 7.76. The summed E-state index contributed by atoms with van der Waals surface area (Å²) in [5, 5.41) is 3.89. The minimum atomic E-state index is -0.315. The summed E-state index contributed by atoms with van der Waals surface area (Å²) in [7, 11) is 0. The van der Waals surface area contributed by atoms with E-state index < -0.39 is 0 Å². The first kappa shape index (κ1) is 19.9. The number of carbonyl (C=O) groups excluding carboxylic acids is 2. The Morgan fingerprint density at radius 1 is 0.938 bits per heavy atom. The molecule has 160 valence electrons. The van der Waals surface area contributed by atoms with Gasteiger partial charge in [-0.2, -0.15) is 0 Å². The Morgan fingerprint density at radius 3 is 2.44 bits per heavy atom. The average Bonchev–Trinajstić information content (AvgIpc) is 3.39. The summed E-state index contributed by atoms with van der Waals surface area (Å²) in [6.07, 6.45) is 6.48. The normalized spacial score (nSPS) is 14.4. The van der Waals surface area contributed by atoms with Crippen LogP contribution >= 0.6 is 0 Å². The van der Waals surface area contributed by atoms with E-state index in [0.717, 1.165) is 5.39 Å². The molecule has 3 heterocycles. The van der Waals surface area contributed by atoms with Crippen LogP contribution in [0.2, 0.25) is 0 Å². The van der Waals surface area contributed by atoms with E-state index in [9.17, 15) is 9.59 Å². The number of nitrogens with zero attached hydrogens (tertiary/aromatic N) is 5. The van der Waals surface area contributed by atoms with Crippen LogP contribution in [0.1, 0.15) is 33.8 Å². The van der Waals surface area contributed by atoms with Gasteiger partial charge in [0, 0.05) is 42.5 Å². The third kappa shape index (κ3) is 3.94. The molecule has 1 aliphatic heterocycles. The number of para-hydroxylation sites is 1. The molecule has 8 nitrogen and oxygen atoms in total. The fourth-order valence-corrected chi connectivity index (χ4v) is 3.98. The van der Waals surface area contributed by atoms with Gasteiger partial charge >= 0.3 is 0 Å². The highest BCUT2D eigenvalue weighted by Gasteiger charge is 2.26. The number of nitrogens with one attached hydrogen (secondary N) is 1. The summed E-state index contributed by atoms with van der Waals surface area (Å²) in [6.45, 7) is 1.19. The highest BCUT2D eigenvalue weighted by Crippen LogP contribution is 2.20. The molecule has 0 bridgehead atoms. The largest absolute Gasteiger partial charge is 0.346 e. The zero-order valence-electron chi connectivity index (χ0n) is 17.4. The molecule has 0 radical (unpaired) electrons. The van der Waals surface area contributed by atoms with E-state index >= 15 is 0 Å². The standard InChI is InChI=1S/C24H22N6O2/c31-23(26-18-10-13-29(14-11-18)24(32)17-6-2-1-3-7-17)21-27-20-9-5-4-8-19(20)22(28-21)30-15-12-25-16-30/h1-9,12,15-16,18H,10-11,13-14H2,(H,26,31). The number of carbonyl (C=O) groups is 2. The summed E-state index contributed by atoms with van der Waals surface area (Å²) in [5.74, 6) is 0.444. The predicted molar refractivity (Wildman–Crippen MR) is 119 cm³/mol. The van der Waals surface area contributed by atoms with Gasteiger partial charge in [-0.3, -0.25) is 14.2 Å². The molecular formula is C24H22N6O2. The average molecular weight is 426 g/mol. The van der Waals surface area contributed by atoms with Crippen LogP contribution in [0.4, 0.5) is 0 Å². The second-order valence-electron chi connectivity index (χ2n) is 7.76. The second kappa shape index (κ2) is 8.58. The lowest BCUT2D eigenvalue weighted by Crippen LogP contribution is -2.46. The van der Waals surface area contributed by atoms with Gasteiger partial charge in [0.2, 0.25) is 5.82 Å². The Labute approximate surface area is 184 Å². The Bertz CT molecular complexity index is 1250. The van der Waals surface area contributed by atoms with Crippen LogP contribution in [0.25, 0.3) is 16.7 Å². The van der Waals surface area contributed by atoms with Crippen LogP contribution in [0.15, 0.2) is 73.3 Å². The van der Waals surface area contributed by atoms with E-state index in [2.05, 4.69) is 20.3 Å². The van der Waals surface area contributed by atoms with E-state index in [0.29, 0.717) is 42.8 Å². The summed E-state index contributed by atoms with van der Waals surface area (Å²) in [4.78, 5) is 40.5. The van der Waals surface area contributed by atoms with Crippen LogP contribution in [-0.4, -0.2) is 55.4 Å². The Morgan fingerprint density at radius 2 is 1.69 bits per heavy atom. The number of likely N-dealkylation sites (tertiary alicyclic amines) is 1. The van der Waals surface area contributed by atoms with Crippen molar-refractivity contribution in [3.05, 3.63) is 84.7 Å². The molecule has 2 aromatic carbocycles. The molecule has 2 amide bonds. The van der Waals surface area contributed by atoms with E-state index in [4.69, 9.17) is 0 Å². The number of hydrogen-bond donors (Lipinski definition) is 1. The van der Waals surface area contributed by atoms with Crippen molar-refractivity contribution in [1.82, 2.24) is 29.7 Å². The fraction of sp³-hybridized carbons (Fsp3) is 0.208. The summed E-state index contributed by atoms with van der Waals surface area (Å²) < 4.78 is 1.77. The van der Waals surface area contributed by atoms with Gasteiger partial charge in [0.05, 0.1) is 5.52 Å². The number of fused-ring (bicyclic) bond motifs is 1. The van der Waals surface area contributed by atoms with Gasteiger partial charge in [-0.25, -0.2) is 15.0 Å². The number of amides is 2. The van der Waals surface area contributed by atoms with Crippen molar-refractivity contribution < 1.29 is 9.59 Å². The van der Waals surface area contributed by atoms with Gasteiger partial charge < -0.3 is 10.2 Å². The first-order valence-electron chi connectivity index (χ1n) is 10.6. The van der Waals surface area contributed by atoms with Crippen molar-refractivity contribution in [3.63, 3.8) is 0 Å². The Kier molecular flexibility index (Phi) is 5.33. The molecule has 0 atom stereocenters. The molecule has 32 heavy (non-hydrogen) atoms. The van der Waals surface area contributed by atoms with Gasteiger partial charge in [-0.1, -0.05) is 30.3 Å². The molecule has 1 N–H and O–H groups in total. The molecule has 1 saturated heterocycles. The van der Waals surface area contributed by atoms with E-state index in [1.807, 2.05) is 59.5 Å². The van der Waals surface area contributed by atoms with Gasteiger partial charge in [0.15, 0.2) is 0 Å². The van der Waals surface area contributed by atoms with Crippen molar-refractivity contribution in [2.45, 2.75) is 18.9 Å². The molecule has 2 aromatic heterocycles. The predicted octanol–water partition coefficient (Wildman–Crippen LogP) is 2.85. The molecule has 1 aliphatic rings. The highest BCUT2D eigenvalue weighted by atomic mass is 16.2. The minimum absolute atomic E-state index is 0.0261. The quantitative estimate of drug-likeness (QED) is 0.542. The molecule has 0 aliphatic carbocycles. The highest BCUT2D eigenvalue weighted by molar-refractivity contribution is 5.95. The Balaban J connectivity index is 1.29. The molecule has 0 spiro atoms. The zero-order valence-corrected chi connectivity index (χ0v) is 17.4. The molecule has 0 saturated carbocycles. The van der Waals surface area contributed by atoms with E-state index in [1.165, 1.54) is 0 Å². The third-order valence-electron chi connectivity index (χ3n) is 5.67. The summed E-state index contributed by atoms with van der Waals surface area (Å²) in [6, 6.07) is 16.8. The SMILES string of the molecule is O=C(NC1CCN(C(=O)c2ccccc2)CC1)c1nc(-n2ccnc2)c2ccccc2n1. The number of hydrogen-bond acceptors (Lipinski definition) is 5. The van der Waals surface area contributed by atoms with Crippen molar-refractivity contribution in [2.24, 2.45) is 0 Å². The summed E-state index contributed by atoms with van der Waals surface area (Å²) >= 11 is 0. The third-order valence-corrected chi connectivity index (χ3v) is 5.67. The molecule has 0 unspecified atom stereocenters. The maximum atomic E-state index is 13.0. The number of benzene rings is 2. The number of piperidine rings is 1. The lowest BCUT2D eigenvalue weighted by molar-refractivity contribution is 0.0697.